The average molecular weight is 285 g/mol. The molecule has 0 amide bonds. The summed E-state index contributed by atoms with van der Waals surface area (Å²) in [4.78, 5) is 0. The van der Waals surface area contributed by atoms with E-state index in [1.54, 1.807) is 6.20 Å². The monoisotopic (exact) mass is 284 g/mol. The van der Waals surface area contributed by atoms with Crippen molar-refractivity contribution < 1.29 is 4.74 Å². The van der Waals surface area contributed by atoms with Crippen molar-refractivity contribution in [2.75, 3.05) is 0 Å². The van der Waals surface area contributed by atoms with Crippen LogP contribution >= 0.6 is 11.6 Å². The van der Waals surface area contributed by atoms with Crippen molar-refractivity contribution in [1.82, 2.24) is 15.2 Å². The second-order valence-corrected chi connectivity index (χ2v) is 5.93. The number of aryl methyl sites for hydroxylation is 1. The van der Waals surface area contributed by atoms with E-state index in [0.29, 0.717) is 23.1 Å². The molecule has 2 fully saturated rings. The number of halogens is 1. The Morgan fingerprint density at radius 3 is 3.05 bits per heavy atom. The quantitative estimate of drug-likeness (QED) is 0.641. The van der Waals surface area contributed by atoms with Crippen LogP contribution in [0.3, 0.4) is 0 Å². The highest BCUT2D eigenvalue weighted by atomic mass is 35.5. The summed E-state index contributed by atoms with van der Waals surface area (Å²) in [5, 5.41) is 5.05. The van der Waals surface area contributed by atoms with Gasteiger partial charge in [0, 0.05) is 12.5 Å². The van der Waals surface area contributed by atoms with E-state index in [1.807, 2.05) is 4.68 Å². The maximum atomic E-state index is 6.32. The van der Waals surface area contributed by atoms with Crippen molar-refractivity contribution in [3.63, 3.8) is 0 Å². The molecule has 4 atom stereocenters. The Hall–Kier alpha value is -0.620. The van der Waals surface area contributed by atoms with Crippen molar-refractivity contribution in [1.29, 1.82) is 0 Å². The van der Waals surface area contributed by atoms with Crippen LogP contribution in [0.25, 0.3) is 0 Å². The number of nitrogens with zero attached hydrogens (tertiary/aromatic N) is 2. The van der Waals surface area contributed by atoms with Gasteiger partial charge in [0.2, 0.25) is 0 Å². The molecule has 3 heterocycles. The zero-order valence-corrected chi connectivity index (χ0v) is 11.9. The third-order valence-corrected chi connectivity index (χ3v) is 4.62. The van der Waals surface area contributed by atoms with Gasteiger partial charge in [-0.2, -0.15) is 5.10 Å². The topological polar surface area (TPSA) is 65.1 Å². The molecule has 0 radical (unpaired) electrons. The molecule has 2 bridgehead atoms. The summed E-state index contributed by atoms with van der Waals surface area (Å²) in [5.74, 6) is 6.20. The van der Waals surface area contributed by atoms with Crippen molar-refractivity contribution in [2.24, 2.45) is 11.8 Å². The number of nitrogens with one attached hydrogen (secondary N) is 1. The lowest BCUT2D eigenvalue weighted by Crippen LogP contribution is -2.39. The van der Waals surface area contributed by atoms with Gasteiger partial charge in [-0.25, -0.2) is 0 Å². The second kappa shape index (κ2) is 5.40. The first kappa shape index (κ1) is 13.4. The SMILES string of the molecule is CCCn1ncc(Cl)c1C(NN)C1CC2CCC1O2. The minimum absolute atomic E-state index is 0.0249. The van der Waals surface area contributed by atoms with Gasteiger partial charge in [0.15, 0.2) is 0 Å². The molecule has 2 saturated heterocycles. The molecule has 4 unspecified atom stereocenters. The van der Waals surface area contributed by atoms with E-state index in [0.717, 1.165) is 31.5 Å². The summed E-state index contributed by atoms with van der Waals surface area (Å²) in [6.45, 7) is 2.99. The number of aromatic nitrogens is 2. The Kier molecular flexibility index (Phi) is 3.80. The van der Waals surface area contributed by atoms with Crippen LogP contribution in [0.5, 0.6) is 0 Å². The standard InChI is InChI=1S/C13H21ClN4O/c1-2-5-18-13(10(14)7-16-18)12(17-15)9-6-8-3-4-11(9)19-8/h7-9,11-12,17H,2-6,15H2,1H3. The Morgan fingerprint density at radius 2 is 2.47 bits per heavy atom. The van der Waals surface area contributed by atoms with Crippen molar-refractivity contribution in [2.45, 2.75) is 57.4 Å². The Bertz CT molecular complexity index is 450. The van der Waals surface area contributed by atoms with Gasteiger partial charge >= 0.3 is 0 Å². The van der Waals surface area contributed by atoms with Crippen LogP contribution in [0.4, 0.5) is 0 Å². The maximum absolute atomic E-state index is 6.32. The fourth-order valence-electron chi connectivity index (χ4n) is 3.50. The van der Waals surface area contributed by atoms with Crippen LogP contribution in [0, 0.1) is 5.92 Å². The third-order valence-electron chi connectivity index (χ3n) is 4.32. The van der Waals surface area contributed by atoms with Gasteiger partial charge in [-0.15, -0.1) is 0 Å². The number of nitrogens with two attached hydrogens (primary N) is 1. The lowest BCUT2D eigenvalue weighted by molar-refractivity contribution is 0.0849. The summed E-state index contributed by atoms with van der Waals surface area (Å²) >= 11 is 6.32. The first-order valence-corrected chi connectivity index (χ1v) is 7.45. The highest BCUT2D eigenvalue weighted by molar-refractivity contribution is 6.31. The van der Waals surface area contributed by atoms with Crippen LogP contribution in [0.15, 0.2) is 6.20 Å². The molecule has 2 aliphatic heterocycles. The van der Waals surface area contributed by atoms with E-state index in [4.69, 9.17) is 22.2 Å². The van der Waals surface area contributed by atoms with Crippen LogP contribution in [0.1, 0.15) is 44.3 Å². The number of hydrazine groups is 1. The first-order chi connectivity index (χ1) is 9.24. The van der Waals surface area contributed by atoms with Gasteiger partial charge in [0.05, 0.1) is 35.2 Å². The molecule has 5 nitrogen and oxygen atoms in total. The van der Waals surface area contributed by atoms with Crippen LogP contribution in [0.2, 0.25) is 5.02 Å². The van der Waals surface area contributed by atoms with E-state index in [1.165, 1.54) is 6.42 Å². The molecule has 3 rings (SSSR count). The predicted octanol–water partition coefficient (Wildman–Crippen LogP) is 2.02. The zero-order chi connectivity index (χ0) is 13.4. The largest absolute Gasteiger partial charge is 0.375 e. The van der Waals surface area contributed by atoms with Gasteiger partial charge in [-0.1, -0.05) is 18.5 Å². The van der Waals surface area contributed by atoms with E-state index in [2.05, 4.69) is 17.4 Å². The maximum Gasteiger partial charge on any atom is 0.0834 e. The normalized spacial score (nSPS) is 31.0. The fraction of sp³-hybridized carbons (Fsp3) is 0.769. The van der Waals surface area contributed by atoms with Crippen LogP contribution < -0.4 is 11.3 Å². The fourth-order valence-corrected chi connectivity index (χ4v) is 3.76. The van der Waals surface area contributed by atoms with Gasteiger partial charge < -0.3 is 4.74 Å². The number of hydrogen-bond donors (Lipinski definition) is 2. The molecule has 2 aliphatic rings. The predicted molar refractivity (Wildman–Crippen MR) is 73.6 cm³/mol. The molecular weight excluding hydrogens is 264 g/mol. The molecule has 0 aromatic carbocycles. The lowest BCUT2D eigenvalue weighted by atomic mass is 9.82. The summed E-state index contributed by atoms with van der Waals surface area (Å²) in [6, 6.07) is 0.0249. The van der Waals surface area contributed by atoms with E-state index in [-0.39, 0.29) is 6.04 Å². The first-order valence-electron chi connectivity index (χ1n) is 7.07. The second-order valence-electron chi connectivity index (χ2n) is 5.52. The lowest BCUT2D eigenvalue weighted by Gasteiger charge is -2.28. The smallest absolute Gasteiger partial charge is 0.0834 e. The molecule has 3 N–H and O–H groups in total. The number of hydrogen-bond acceptors (Lipinski definition) is 4. The molecule has 0 saturated carbocycles. The van der Waals surface area contributed by atoms with Gasteiger partial charge in [0.25, 0.3) is 0 Å². The summed E-state index contributed by atoms with van der Waals surface area (Å²) < 4.78 is 7.91. The minimum atomic E-state index is 0.0249. The zero-order valence-electron chi connectivity index (χ0n) is 11.2. The molecule has 1 aromatic heterocycles. The van der Waals surface area contributed by atoms with Gasteiger partial charge in [-0.05, 0) is 25.7 Å². The minimum Gasteiger partial charge on any atom is -0.375 e. The summed E-state index contributed by atoms with van der Waals surface area (Å²) in [6.07, 6.45) is 6.83. The van der Waals surface area contributed by atoms with E-state index in [9.17, 15) is 0 Å². The van der Waals surface area contributed by atoms with Crippen molar-refractivity contribution in [3.05, 3.63) is 16.9 Å². The van der Waals surface area contributed by atoms with Gasteiger partial charge in [-0.3, -0.25) is 16.0 Å². The third kappa shape index (κ3) is 2.29. The molecule has 6 heteroatoms. The average Bonchev–Trinajstić information content (AvgIpc) is 3.10. The molecular formula is C13H21ClN4O. The molecule has 1 aromatic rings. The number of rotatable bonds is 5. The highest BCUT2D eigenvalue weighted by Crippen LogP contribution is 2.45. The number of ether oxygens (including phenoxy) is 1. The van der Waals surface area contributed by atoms with Crippen LogP contribution in [-0.2, 0) is 11.3 Å². The number of fused-ring (bicyclic) bond motifs is 2. The molecule has 0 spiro atoms. The summed E-state index contributed by atoms with van der Waals surface area (Å²) in [7, 11) is 0. The Labute approximate surface area is 118 Å². The van der Waals surface area contributed by atoms with Crippen molar-refractivity contribution >= 4 is 11.6 Å². The molecule has 19 heavy (non-hydrogen) atoms. The van der Waals surface area contributed by atoms with E-state index >= 15 is 0 Å². The van der Waals surface area contributed by atoms with Crippen LogP contribution in [-0.4, -0.2) is 22.0 Å². The highest BCUT2D eigenvalue weighted by Gasteiger charge is 2.45. The Morgan fingerprint density at radius 1 is 1.63 bits per heavy atom. The van der Waals surface area contributed by atoms with Gasteiger partial charge in [0.1, 0.15) is 0 Å². The van der Waals surface area contributed by atoms with Crippen molar-refractivity contribution in [3.8, 4) is 0 Å². The Balaban J connectivity index is 1.87. The molecule has 106 valence electrons. The summed E-state index contributed by atoms with van der Waals surface area (Å²) in [5.41, 5.74) is 3.95. The molecule has 0 aliphatic carbocycles. The van der Waals surface area contributed by atoms with E-state index < -0.39 is 0 Å².